The topological polar surface area (TPSA) is 61.0 Å². The van der Waals surface area contributed by atoms with Crippen molar-refractivity contribution in [1.29, 1.82) is 0 Å². The van der Waals surface area contributed by atoms with Crippen molar-refractivity contribution in [1.82, 2.24) is 20.2 Å². The number of carbonyl (C=O) groups is 1. The number of hydrogen-bond donors (Lipinski definition) is 2. The second kappa shape index (κ2) is 6.27. The minimum atomic E-state index is 0.0680. The molecule has 5 nitrogen and oxygen atoms in total. The molecule has 2 heterocycles. The Kier molecular flexibility index (Phi) is 4.41. The van der Waals surface area contributed by atoms with E-state index in [4.69, 9.17) is 0 Å². The van der Waals surface area contributed by atoms with Crippen LogP contribution in [0, 0.1) is 0 Å². The molecule has 1 fully saturated rings. The van der Waals surface area contributed by atoms with Crippen molar-refractivity contribution in [3.05, 3.63) is 18.2 Å². The van der Waals surface area contributed by atoms with Gasteiger partial charge in [-0.25, -0.2) is 9.78 Å². The predicted octanol–water partition coefficient (Wildman–Crippen LogP) is 1.54. The van der Waals surface area contributed by atoms with Crippen LogP contribution in [0.2, 0.25) is 0 Å². The molecule has 1 saturated heterocycles. The second-order valence-electron chi connectivity index (χ2n) is 4.42. The van der Waals surface area contributed by atoms with E-state index in [1.165, 1.54) is 12.8 Å². The number of aromatic nitrogens is 2. The Bertz CT molecular complexity index is 328. The van der Waals surface area contributed by atoms with Crippen molar-refractivity contribution in [2.45, 2.75) is 32.1 Å². The summed E-state index contributed by atoms with van der Waals surface area (Å²) in [5.74, 6) is 0.918. The largest absolute Gasteiger partial charge is 0.349 e. The molecule has 0 bridgehead atoms. The Morgan fingerprint density at radius 1 is 1.35 bits per heavy atom. The van der Waals surface area contributed by atoms with Crippen molar-refractivity contribution in [2.24, 2.45) is 0 Å². The van der Waals surface area contributed by atoms with E-state index < -0.39 is 0 Å². The molecule has 1 aromatic heterocycles. The zero-order chi connectivity index (χ0) is 11.9. The molecule has 2 amide bonds. The summed E-state index contributed by atoms with van der Waals surface area (Å²) in [4.78, 5) is 20.9. The molecule has 1 aromatic rings. The molecule has 1 aliphatic heterocycles. The van der Waals surface area contributed by atoms with E-state index in [-0.39, 0.29) is 6.03 Å². The molecular formula is C12H20N4O. The van der Waals surface area contributed by atoms with Crippen LogP contribution in [0.25, 0.3) is 0 Å². The smallest absolute Gasteiger partial charge is 0.317 e. The van der Waals surface area contributed by atoms with Gasteiger partial charge in [0.15, 0.2) is 0 Å². The van der Waals surface area contributed by atoms with E-state index in [1.807, 2.05) is 4.90 Å². The summed E-state index contributed by atoms with van der Waals surface area (Å²) in [6, 6.07) is 0.0680. The van der Waals surface area contributed by atoms with Crippen LogP contribution in [0.5, 0.6) is 0 Å². The number of amides is 2. The normalized spacial score (nSPS) is 16.6. The van der Waals surface area contributed by atoms with Crippen LogP contribution in [-0.4, -0.2) is 40.5 Å². The Morgan fingerprint density at radius 3 is 2.76 bits per heavy atom. The van der Waals surface area contributed by atoms with Gasteiger partial charge >= 0.3 is 6.03 Å². The molecule has 2 rings (SSSR count). The standard InChI is InChI=1S/C12H20N4O/c17-12(16-9-3-1-2-4-10-16)15-6-5-11-13-7-8-14-11/h7-8H,1-6,9-10H2,(H,13,14)(H,15,17). The minimum absolute atomic E-state index is 0.0680. The summed E-state index contributed by atoms with van der Waals surface area (Å²) in [5.41, 5.74) is 0. The molecule has 0 unspecified atom stereocenters. The summed E-state index contributed by atoms with van der Waals surface area (Å²) < 4.78 is 0. The number of hydrogen-bond acceptors (Lipinski definition) is 2. The summed E-state index contributed by atoms with van der Waals surface area (Å²) in [6.45, 7) is 2.43. The lowest BCUT2D eigenvalue weighted by Gasteiger charge is -2.20. The molecule has 0 aromatic carbocycles. The molecule has 17 heavy (non-hydrogen) atoms. The van der Waals surface area contributed by atoms with E-state index in [9.17, 15) is 4.79 Å². The summed E-state index contributed by atoms with van der Waals surface area (Å²) in [6.07, 6.45) is 9.04. The highest BCUT2D eigenvalue weighted by Crippen LogP contribution is 2.09. The highest BCUT2D eigenvalue weighted by atomic mass is 16.2. The maximum absolute atomic E-state index is 11.9. The molecule has 0 spiro atoms. The lowest BCUT2D eigenvalue weighted by Crippen LogP contribution is -2.41. The minimum Gasteiger partial charge on any atom is -0.349 e. The van der Waals surface area contributed by atoms with E-state index >= 15 is 0 Å². The van der Waals surface area contributed by atoms with Gasteiger partial charge in [-0.05, 0) is 12.8 Å². The number of aromatic amines is 1. The number of carbonyl (C=O) groups excluding carboxylic acids is 1. The number of rotatable bonds is 3. The number of imidazole rings is 1. The summed E-state index contributed by atoms with van der Waals surface area (Å²) in [5, 5.41) is 2.95. The van der Waals surface area contributed by atoms with Gasteiger partial charge < -0.3 is 15.2 Å². The maximum Gasteiger partial charge on any atom is 0.317 e. The molecule has 0 aliphatic carbocycles. The maximum atomic E-state index is 11.9. The monoisotopic (exact) mass is 236 g/mol. The molecule has 2 N–H and O–H groups in total. The second-order valence-corrected chi connectivity index (χ2v) is 4.42. The van der Waals surface area contributed by atoms with Gasteiger partial charge in [0.2, 0.25) is 0 Å². The Labute approximate surface area is 102 Å². The molecule has 1 aliphatic rings. The molecule has 0 atom stereocenters. The lowest BCUT2D eigenvalue weighted by atomic mass is 10.2. The first kappa shape index (κ1) is 12.0. The quantitative estimate of drug-likeness (QED) is 0.836. The van der Waals surface area contributed by atoms with Gasteiger partial charge in [0.05, 0.1) is 0 Å². The van der Waals surface area contributed by atoms with Crippen LogP contribution in [0.15, 0.2) is 12.4 Å². The van der Waals surface area contributed by atoms with Gasteiger partial charge in [0.1, 0.15) is 5.82 Å². The summed E-state index contributed by atoms with van der Waals surface area (Å²) >= 11 is 0. The average Bonchev–Trinajstić information content (AvgIpc) is 2.69. The van der Waals surface area contributed by atoms with E-state index in [1.54, 1.807) is 12.4 Å². The first-order valence-electron chi connectivity index (χ1n) is 6.37. The number of nitrogens with one attached hydrogen (secondary N) is 2. The zero-order valence-corrected chi connectivity index (χ0v) is 10.1. The van der Waals surface area contributed by atoms with Gasteiger partial charge in [-0.1, -0.05) is 12.8 Å². The van der Waals surface area contributed by atoms with Gasteiger partial charge in [-0.15, -0.1) is 0 Å². The fourth-order valence-corrected chi connectivity index (χ4v) is 2.11. The Morgan fingerprint density at radius 2 is 2.12 bits per heavy atom. The van der Waals surface area contributed by atoms with Crippen molar-refractivity contribution < 1.29 is 4.79 Å². The van der Waals surface area contributed by atoms with Crippen LogP contribution in [0.1, 0.15) is 31.5 Å². The third kappa shape index (κ3) is 3.76. The zero-order valence-electron chi connectivity index (χ0n) is 10.1. The number of nitrogens with zero attached hydrogens (tertiary/aromatic N) is 2. The van der Waals surface area contributed by atoms with Crippen LogP contribution in [0.3, 0.4) is 0 Å². The number of urea groups is 1. The predicted molar refractivity (Wildman–Crippen MR) is 65.7 cm³/mol. The Hall–Kier alpha value is -1.52. The molecule has 0 radical (unpaired) electrons. The van der Waals surface area contributed by atoms with E-state index in [0.29, 0.717) is 6.54 Å². The van der Waals surface area contributed by atoms with E-state index in [0.717, 1.165) is 38.2 Å². The van der Waals surface area contributed by atoms with Gasteiger partial charge in [-0.2, -0.15) is 0 Å². The lowest BCUT2D eigenvalue weighted by molar-refractivity contribution is 0.200. The van der Waals surface area contributed by atoms with Crippen molar-refractivity contribution in [3.8, 4) is 0 Å². The summed E-state index contributed by atoms with van der Waals surface area (Å²) in [7, 11) is 0. The van der Waals surface area contributed by atoms with Gasteiger partial charge in [0.25, 0.3) is 0 Å². The molecule has 94 valence electrons. The first-order chi connectivity index (χ1) is 8.36. The van der Waals surface area contributed by atoms with Gasteiger partial charge in [0, 0.05) is 38.4 Å². The van der Waals surface area contributed by atoms with Crippen LogP contribution < -0.4 is 5.32 Å². The van der Waals surface area contributed by atoms with Crippen molar-refractivity contribution in [3.63, 3.8) is 0 Å². The average molecular weight is 236 g/mol. The SMILES string of the molecule is O=C(NCCc1ncc[nH]1)N1CCCCCC1. The van der Waals surface area contributed by atoms with Gasteiger partial charge in [-0.3, -0.25) is 0 Å². The van der Waals surface area contributed by atoms with Crippen LogP contribution in [-0.2, 0) is 6.42 Å². The third-order valence-electron chi connectivity index (χ3n) is 3.09. The van der Waals surface area contributed by atoms with Crippen molar-refractivity contribution in [2.75, 3.05) is 19.6 Å². The molecule has 5 heteroatoms. The molecular weight excluding hydrogens is 216 g/mol. The van der Waals surface area contributed by atoms with Crippen molar-refractivity contribution >= 4 is 6.03 Å². The number of H-pyrrole nitrogens is 1. The van der Waals surface area contributed by atoms with Crippen LogP contribution >= 0.6 is 0 Å². The molecule has 0 saturated carbocycles. The first-order valence-corrected chi connectivity index (χ1v) is 6.37. The third-order valence-corrected chi connectivity index (χ3v) is 3.09. The fourth-order valence-electron chi connectivity index (χ4n) is 2.11. The highest BCUT2D eigenvalue weighted by Gasteiger charge is 2.14. The van der Waals surface area contributed by atoms with E-state index in [2.05, 4.69) is 15.3 Å². The fraction of sp³-hybridized carbons (Fsp3) is 0.667. The Balaban J connectivity index is 1.69. The van der Waals surface area contributed by atoms with Crippen LogP contribution in [0.4, 0.5) is 4.79 Å². The number of likely N-dealkylation sites (tertiary alicyclic amines) is 1. The highest BCUT2D eigenvalue weighted by molar-refractivity contribution is 5.74.